The molecule has 1 saturated heterocycles. The minimum atomic E-state index is -4.64. The van der Waals surface area contributed by atoms with Crippen LogP contribution in [0.3, 0.4) is 0 Å². The zero-order valence-electron chi connectivity index (χ0n) is 18.2. The van der Waals surface area contributed by atoms with Crippen molar-refractivity contribution in [2.45, 2.75) is 36.9 Å². The van der Waals surface area contributed by atoms with Crippen molar-refractivity contribution in [1.29, 1.82) is 0 Å². The molecule has 0 amide bonds. The number of fused-ring (bicyclic) bond motifs is 1. The Hall–Kier alpha value is -3.20. The monoisotopic (exact) mass is 528 g/mol. The number of aromatic nitrogens is 5. The third kappa shape index (κ3) is 4.96. The van der Waals surface area contributed by atoms with Crippen molar-refractivity contribution in [2.75, 3.05) is 18.0 Å². The van der Waals surface area contributed by atoms with Crippen molar-refractivity contribution in [2.24, 2.45) is 5.92 Å². The SMILES string of the molecule is CC(Oc1nn2cc(-c3ccc([SH](=O)=O)cc3)nc2s1)C1CCN(c2nc(C(F)(F)F)no2)CC1. The summed E-state index contributed by atoms with van der Waals surface area (Å²) in [5, 5.41) is 7.90. The Morgan fingerprint density at radius 2 is 1.89 bits per heavy atom. The van der Waals surface area contributed by atoms with E-state index in [4.69, 9.17) is 9.26 Å². The molecule has 0 spiro atoms. The number of hydrogen-bond donors (Lipinski definition) is 1. The molecule has 0 N–H and O–H groups in total. The topological polar surface area (TPSA) is 116 Å². The third-order valence-corrected chi connectivity index (χ3v) is 7.36. The molecule has 1 unspecified atom stereocenters. The number of piperidine rings is 1. The lowest BCUT2D eigenvalue weighted by molar-refractivity contribution is -0.146. The predicted molar refractivity (Wildman–Crippen MR) is 119 cm³/mol. The maximum atomic E-state index is 12.7. The van der Waals surface area contributed by atoms with E-state index in [1.54, 1.807) is 27.7 Å². The largest absolute Gasteiger partial charge is 0.466 e. The van der Waals surface area contributed by atoms with Crippen molar-refractivity contribution >= 4 is 33.0 Å². The fourth-order valence-corrected chi connectivity index (χ4v) is 5.11. The predicted octanol–water partition coefficient (Wildman–Crippen LogP) is 3.51. The summed E-state index contributed by atoms with van der Waals surface area (Å²) in [6.45, 7) is 2.89. The van der Waals surface area contributed by atoms with E-state index in [1.165, 1.54) is 23.5 Å². The molecule has 186 valence electrons. The summed E-state index contributed by atoms with van der Waals surface area (Å²) in [5.74, 6) is -1.10. The second kappa shape index (κ2) is 9.11. The normalized spacial score (nSPS) is 16.3. The third-order valence-electron chi connectivity index (χ3n) is 5.83. The quantitative estimate of drug-likeness (QED) is 0.375. The first-order chi connectivity index (χ1) is 16.7. The number of thiol groups is 1. The number of ether oxygens (including phenoxy) is 1. The first-order valence-corrected chi connectivity index (χ1v) is 12.6. The molecule has 10 nitrogen and oxygen atoms in total. The van der Waals surface area contributed by atoms with Crippen LogP contribution in [0.15, 0.2) is 39.9 Å². The van der Waals surface area contributed by atoms with E-state index < -0.39 is 22.7 Å². The lowest BCUT2D eigenvalue weighted by Crippen LogP contribution is -2.38. The first kappa shape index (κ1) is 23.5. The van der Waals surface area contributed by atoms with Crippen LogP contribution < -0.4 is 9.64 Å². The molecule has 3 aromatic heterocycles. The molecule has 1 atom stereocenters. The highest BCUT2D eigenvalue weighted by Crippen LogP contribution is 2.32. The number of anilines is 1. The Labute approximate surface area is 202 Å². The zero-order valence-corrected chi connectivity index (χ0v) is 19.9. The van der Waals surface area contributed by atoms with Crippen molar-refractivity contribution in [3.05, 3.63) is 36.3 Å². The second-order valence-corrected chi connectivity index (χ2v) is 10.0. The molecule has 0 bridgehead atoms. The van der Waals surface area contributed by atoms with Gasteiger partial charge in [0, 0.05) is 18.7 Å². The Kier molecular flexibility index (Phi) is 6.13. The summed E-state index contributed by atoms with van der Waals surface area (Å²) in [5.41, 5.74) is 1.44. The van der Waals surface area contributed by atoms with Crippen LogP contribution in [0.25, 0.3) is 16.2 Å². The average molecular weight is 529 g/mol. The maximum Gasteiger partial charge on any atom is 0.455 e. The van der Waals surface area contributed by atoms with Crippen LogP contribution in [0.5, 0.6) is 5.19 Å². The Bertz CT molecular complexity index is 1360. The molecule has 1 aliphatic rings. The molecule has 5 rings (SSSR count). The van der Waals surface area contributed by atoms with Crippen molar-refractivity contribution < 1.29 is 30.8 Å². The van der Waals surface area contributed by atoms with Crippen LogP contribution in [0, 0.1) is 5.92 Å². The zero-order chi connectivity index (χ0) is 24.7. The fraction of sp³-hybridized carbons (Fsp3) is 0.400. The summed E-state index contributed by atoms with van der Waals surface area (Å²) in [7, 11) is -2.63. The molecule has 15 heteroatoms. The van der Waals surface area contributed by atoms with E-state index in [1.807, 2.05) is 6.92 Å². The van der Waals surface area contributed by atoms with Crippen LogP contribution in [0.2, 0.25) is 0 Å². The van der Waals surface area contributed by atoms with Crippen molar-refractivity contribution in [1.82, 2.24) is 24.7 Å². The van der Waals surface area contributed by atoms with Gasteiger partial charge in [0.25, 0.3) is 11.0 Å². The lowest BCUT2D eigenvalue weighted by Gasteiger charge is -2.33. The molecule has 0 radical (unpaired) electrons. The number of nitrogens with zero attached hydrogens (tertiary/aromatic N) is 6. The molecule has 1 fully saturated rings. The smallest absolute Gasteiger partial charge is 0.455 e. The number of hydrogen-bond acceptors (Lipinski definition) is 10. The number of alkyl halides is 3. The maximum absolute atomic E-state index is 12.7. The molecule has 0 saturated carbocycles. The van der Waals surface area contributed by atoms with Crippen molar-refractivity contribution in [3.8, 4) is 16.5 Å². The van der Waals surface area contributed by atoms with Crippen LogP contribution in [-0.2, 0) is 16.9 Å². The molecule has 4 aromatic rings. The van der Waals surface area contributed by atoms with Crippen LogP contribution in [0.1, 0.15) is 25.6 Å². The highest BCUT2D eigenvalue weighted by molar-refractivity contribution is 7.72. The first-order valence-electron chi connectivity index (χ1n) is 10.6. The molecule has 1 aliphatic heterocycles. The Morgan fingerprint density at radius 3 is 2.49 bits per heavy atom. The minimum absolute atomic E-state index is 0.127. The van der Waals surface area contributed by atoms with Crippen LogP contribution >= 0.6 is 11.3 Å². The lowest BCUT2D eigenvalue weighted by atomic mass is 9.92. The molecule has 4 heterocycles. The number of rotatable bonds is 6. The summed E-state index contributed by atoms with van der Waals surface area (Å²) in [6.07, 6.45) is -1.69. The van der Waals surface area contributed by atoms with E-state index in [-0.39, 0.29) is 22.9 Å². The van der Waals surface area contributed by atoms with E-state index in [2.05, 4.69) is 20.2 Å². The molecular weight excluding hydrogens is 509 g/mol. The summed E-state index contributed by atoms with van der Waals surface area (Å²) >= 11 is 1.29. The van der Waals surface area contributed by atoms with Gasteiger partial charge in [0.1, 0.15) is 6.10 Å². The van der Waals surface area contributed by atoms with E-state index in [0.717, 1.165) is 5.56 Å². The number of imidazole rings is 1. The highest BCUT2D eigenvalue weighted by atomic mass is 32.2. The minimum Gasteiger partial charge on any atom is -0.466 e. The fourth-order valence-electron chi connectivity index (χ4n) is 3.90. The number of benzene rings is 1. The Morgan fingerprint density at radius 1 is 1.17 bits per heavy atom. The van der Waals surface area contributed by atoms with Crippen LogP contribution in [0.4, 0.5) is 19.2 Å². The molecule has 0 aliphatic carbocycles. The van der Waals surface area contributed by atoms with Gasteiger partial charge in [-0.25, -0.2) is 17.9 Å². The van der Waals surface area contributed by atoms with Gasteiger partial charge in [-0.1, -0.05) is 12.1 Å². The second-order valence-electron chi connectivity index (χ2n) is 8.07. The van der Waals surface area contributed by atoms with Gasteiger partial charge >= 0.3 is 12.2 Å². The summed E-state index contributed by atoms with van der Waals surface area (Å²) in [6, 6.07) is 6.31. The van der Waals surface area contributed by atoms with Gasteiger partial charge in [0.05, 0.1) is 16.8 Å². The van der Waals surface area contributed by atoms with E-state index in [0.29, 0.717) is 41.8 Å². The molecule has 35 heavy (non-hydrogen) atoms. The van der Waals surface area contributed by atoms with Crippen LogP contribution in [-0.4, -0.2) is 52.3 Å². The Balaban J connectivity index is 1.19. The van der Waals surface area contributed by atoms with E-state index in [9.17, 15) is 21.6 Å². The summed E-state index contributed by atoms with van der Waals surface area (Å²) in [4.78, 5) is 10.5. The molecular formula is C20H19F3N6O4S2. The van der Waals surface area contributed by atoms with Gasteiger partial charge < -0.3 is 14.2 Å². The van der Waals surface area contributed by atoms with Crippen molar-refractivity contribution in [3.63, 3.8) is 0 Å². The highest BCUT2D eigenvalue weighted by Gasteiger charge is 2.38. The van der Waals surface area contributed by atoms with Gasteiger partial charge in [-0.3, -0.25) is 0 Å². The standard InChI is InChI=1S/C20H19F3N6O4S2/c1-11(12-6-8-28(9-7-12)17-25-16(27-33-17)20(21,22)23)32-19-26-29-10-15(24-18(29)34-19)13-2-4-14(5-3-13)35(30)31/h2-5,10-12,35H,6-9H2,1H3. The van der Waals surface area contributed by atoms with Gasteiger partial charge in [0.2, 0.25) is 4.96 Å². The average Bonchev–Trinajstić information content (AvgIpc) is 3.54. The van der Waals surface area contributed by atoms with Gasteiger partial charge in [-0.15, -0.1) is 5.10 Å². The van der Waals surface area contributed by atoms with E-state index >= 15 is 0 Å². The van der Waals surface area contributed by atoms with Gasteiger partial charge in [-0.2, -0.15) is 18.2 Å². The van der Waals surface area contributed by atoms with Gasteiger partial charge in [-0.05, 0) is 54.3 Å². The van der Waals surface area contributed by atoms with Gasteiger partial charge in [0.15, 0.2) is 10.7 Å². The summed E-state index contributed by atoms with van der Waals surface area (Å²) < 4.78 is 72.6. The molecule has 1 aromatic carbocycles. The number of halogens is 3.